The molecule has 0 saturated heterocycles. The third-order valence-electron chi connectivity index (χ3n) is 2.18. The average Bonchev–Trinajstić information content (AvgIpc) is 2.60. The van der Waals surface area contributed by atoms with Crippen molar-refractivity contribution in [3.8, 4) is 11.8 Å². The third-order valence-corrected chi connectivity index (χ3v) is 2.18. The first-order valence-electron chi connectivity index (χ1n) is 4.19. The van der Waals surface area contributed by atoms with Gasteiger partial charge in [-0.25, -0.2) is 0 Å². The summed E-state index contributed by atoms with van der Waals surface area (Å²) < 4.78 is 0. The molecule has 2 heterocycles. The van der Waals surface area contributed by atoms with Gasteiger partial charge in [0.05, 0.1) is 11.4 Å². The first kappa shape index (κ1) is 7.93. The van der Waals surface area contributed by atoms with E-state index in [2.05, 4.69) is 27.0 Å². The van der Waals surface area contributed by atoms with Crippen molar-refractivity contribution in [3.05, 3.63) is 24.2 Å². The van der Waals surface area contributed by atoms with Crippen LogP contribution in [-0.2, 0) is 0 Å². The number of allylic oxidation sites excluding steroid dienone is 2. The number of rotatable bonds is 1. The Labute approximate surface area is 77.8 Å². The summed E-state index contributed by atoms with van der Waals surface area (Å²) in [5.74, 6) is 5.99. The molecule has 0 aromatic carbocycles. The van der Waals surface area contributed by atoms with E-state index in [4.69, 9.17) is 0 Å². The Morgan fingerprint density at radius 2 is 2.54 bits per heavy atom. The van der Waals surface area contributed by atoms with Crippen molar-refractivity contribution < 1.29 is 0 Å². The molecule has 66 valence electrons. The SMILES string of the molecule is C/N=C(/C)C1=CNC2C#CC=CN12. The second-order valence-electron chi connectivity index (χ2n) is 2.92. The second-order valence-corrected chi connectivity index (χ2v) is 2.92. The standard InChI is InChI=1S/C10H11N3/c1-8(11-2)9-7-12-10-5-3-4-6-13(9)10/h4,6-7,10,12H,1-2H3/b11-8-. The molecular weight excluding hydrogens is 162 g/mol. The molecule has 0 aromatic heterocycles. The van der Waals surface area contributed by atoms with Crippen molar-refractivity contribution >= 4 is 5.71 Å². The summed E-state index contributed by atoms with van der Waals surface area (Å²) in [6.45, 7) is 1.99. The zero-order valence-electron chi connectivity index (χ0n) is 7.70. The molecule has 2 rings (SSSR count). The van der Waals surface area contributed by atoms with E-state index in [0.29, 0.717) is 0 Å². The molecule has 1 atom stereocenters. The van der Waals surface area contributed by atoms with Gasteiger partial charge >= 0.3 is 0 Å². The molecule has 1 unspecified atom stereocenters. The number of hydrogen-bond donors (Lipinski definition) is 1. The Bertz CT molecular complexity index is 365. The van der Waals surface area contributed by atoms with Gasteiger partial charge in [0.2, 0.25) is 0 Å². The Balaban J connectivity index is 2.27. The molecule has 3 heteroatoms. The van der Waals surface area contributed by atoms with Gasteiger partial charge in [0.25, 0.3) is 0 Å². The minimum atomic E-state index is 0.0942. The lowest BCUT2D eigenvalue weighted by molar-refractivity contribution is 0.427. The van der Waals surface area contributed by atoms with Crippen molar-refractivity contribution in [1.29, 1.82) is 0 Å². The minimum Gasteiger partial charge on any atom is -0.359 e. The predicted molar refractivity (Wildman–Crippen MR) is 52.8 cm³/mol. The summed E-state index contributed by atoms with van der Waals surface area (Å²) >= 11 is 0. The average molecular weight is 173 g/mol. The first-order valence-corrected chi connectivity index (χ1v) is 4.19. The van der Waals surface area contributed by atoms with Crippen LogP contribution in [0.25, 0.3) is 0 Å². The summed E-state index contributed by atoms with van der Waals surface area (Å²) in [7, 11) is 1.79. The van der Waals surface area contributed by atoms with Crippen LogP contribution < -0.4 is 5.32 Å². The lowest BCUT2D eigenvalue weighted by atomic mass is 10.2. The van der Waals surface area contributed by atoms with E-state index in [9.17, 15) is 0 Å². The van der Waals surface area contributed by atoms with Crippen LogP contribution in [0.3, 0.4) is 0 Å². The van der Waals surface area contributed by atoms with Crippen molar-refractivity contribution in [2.24, 2.45) is 4.99 Å². The molecule has 2 aliphatic rings. The van der Waals surface area contributed by atoms with E-state index >= 15 is 0 Å². The third kappa shape index (κ3) is 1.20. The van der Waals surface area contributed by atoms with Gasteiger partial charge in [-0.05, 0) is 6.92 Å². The lowest BCUT2D eigenvalue weighted by Gasteiger charge is -2.22. The van der Waals surface area contributed by atoms with Gasteiger partial charge in [-0.1, -0.05) is 11.8 Å². The fourth-order valence-electron chi connectivity index (χ4n) is 1.38. The van der Waals surface area contributed by atoms with E-state index in [-0.39, 0.29) is 6.17 Å². The maximum absolute atomic E-state index is 4.15. The van der Waals surface area contributed by atoms with Gasteiger partial charge in [0.15, 0.2) is 6.17 Å². The summed E-state index contributed by atoms with van der Waals surface area (Å²) in [5.41, 5.74) is 2.11. The van der Waals surface area contributed by atoms with E-state index in [1.54, 1.807) is 7.05 Å². The molecule has 0 spiro atoms. The lowest BCUT2D eigenvalue weighted by Crippen LogP contribution is -2.34. The molecule has 0 fully saturated rings. The van der Waals surface area contributed by atoms with Crippen LogP contribution in [-0.4, -0.2) is 23.8 Å². The molecule has 2 aliphatic heterocycles. The highest BCUT2D eigenvalue weighted by atomic mass is 15.3. The van der Waals surface area contributed by atoms with Gasteiger partial charge in [-0.15, -0.1) is 0 Å². The first-order chi connectivity index (χ1) is 6.33. The highest BCUT2D eigenvalue weighted by Crippen LogP contribution is 2.17. The molecular formula is C10H11N3. The second kappa shape index (κ2) is 2.98. The van der Waals surface area contributed by atoms with Crippen LogP contribution in [0.5, 0.6) is 0 Å². The maximum atomic E-state index is 4.15. The largest absolute Gasteiger partial charge is 0.359 e. The molecule has 13 heavy (non-hydrogen) atoms. The highest BCUT2D eigenvalue weighted by molar-refractivity contribution is 5.98. The van der Waals surface area contributed by atoms with Crippen molar-refractivity contribution in [2.75, 3.05) is 7.05 Å². The topological polar surface area (TPSA) is 27.6 Å². The molecule has 1 N–H and O–H groups in total. The van der Waals surface area contributed by atoms with Crippen LogP contribution in [0.4, 0.5) is 0 Å². The Morgan fingerprint density at radius 3 is 3.31 bits per heavy atom. The Morgan fingerprint density at radius 1 is 1.69 bits per heavy atom. The highest BCUT2D eigenvalue weighted by Gasteiger charge is 2.24. The minimum absolute atomic E-state index is 0.0942. The quantitative estimate of drug-likeness (QED) is 0.466. The van der Waals surface area contributed by atoms with Gasteiger partial charge < -0.3 is 10.2 Å². The molecule has 0 saturated carbocycles. The smallest absolute Gasteiger partial charge is 0.167 e. The van der Waals surface area contributed by atoms with Gasteiger partial charge in [-0.3, -0.25) is 4.99 Å². The van der Waals surface area contributed by atoms with E-state index < -0.39 is 0 Å². The summed E-state index contributed by atoms with van der Waals surface area (Å²) in [6, 6.07) is 0. The Kier molecular flexibility index (Phi) is 1.82. The van der Waals surface area contributed by atoms with Crippen LogP contribution in [0, 0.1) is 11.8 Å². The summed E-state index contributed by atoms with van der Waals surface area (Å²) in [4.78, 5) is 6.23. The van der Waals surface area contributed by atoms with E-state index in [1.807, 2.05) is 25.4 Å². The Hall–Kier alpha value is -1.69. The fourth-order valence-corrected chi connectivity index (χ4v) is 1.38. The molecule has 3 nitrogen and oxygen atoms in total. The summed E-state index contributed by atoms with van der Waals surface area (Å²) in [5, 5.41) is 3.18. The number of fused-ring (bicyclic) bond motifs is 1. The number of hydrogen-bond acceptors (Lipinski definition) is 3. The number of aliphatic imine (C=N–C) groups is 1. The van der Waals surface area contributed by atoms with Crippen molar-refractivity contribution in [1.82, 2.24) is 10.2 Å². The molecule has 0 amide bonds. The zero-order chi connectivity index (χ0) is 9.26. The van der Waals surface area contributed by atoms with Crippen LogP contribution in [0.2, 0.25) is 0 Å². The normalized spacial score (nSPS) is 24.5. The van der Waals surface area contributed by atoms with E-state index in [1.165, 1.54) is 0 Å². The molecule has 0 radical (unpaired) electrons. The van der Waals surface area contributed by atoms with Gasteiger partial charge in [0.1, 0.15) is 0 Å². The van der Waals surface area contributed by atoms with Crippen molar-refractivity contribution in [2.45, 2.75) is 13.1 Å². The predicted octanol–water partition coefficient (Wildman–Crippen LogP) is 0.681. The maximum Gasteiger partial charge on any atom is 0.167 e. The molecule has 0 aromatic rings. The van der Waals surface area contributed by atoms with Gasteiger partial charge in [0, 0.05) is 25.5 Å². The van der Waals surface area contributed by atoms with Crippen LogP contribution in [0.15, 0.2) is 29.2 Å². The number of nitrogens with one attached hydrogen (secondary N) is 1. The summed E-state index contributed by atoms with van der Waals surface area (Å²) in [6.07, 6.45) is 5.87. The fraction of sp³-hybridized carbons (Fsp3) is 0.300. The number of nitrogens with zero attached hydrogens (tertiary/aromatic N) is 2. The molecule has 0 aliphatic carbocycles. The van der Waals surface area contributed by atoms with Gasteiger partial charge in [-0.2, -0.15) is 0 Å². The van der Waals surface area contributed by atoms with Crippen LogP contribution >= 0.6 is 0 Å². The zero-order valence-corrected chi connectivity index (χ0v) is 7.70. The van der Waals surface area contributed by atoms with Crippen LogP contribution in [0.1, 0.15) is 6.92 Å². The molecule has 0 bridgehead atoms. The monoisotopic (exact) mass is 173 g/mol. The van der Waals surface area contributed by atoms with E-state index in [0.717, 1.165) is 11.4 Å². The van der Waals surface area contributed by atoms with Crippen molar-refractivity contribution in [3.63, 3.8) is 0 Å².